The van der Waals surface area contributed by atoms with Gasteiger partial charge in [0, 0.05) is 18.9 Å². The minimum Gasteiger partial charge on any atom is -0.468 e. The average molecular weight is 222 g/mol. The zero-order valence-corrected chi connectivity index (χ0v) is 9.85. The average Bonchev–Trinajstić information content (AvgIpc) is 2.30. The minimum atomic E-state index is -0.192. The predicted octanol–water partition coefficient (Wildman–Crippen LogP) is 1.47. The van der Waals surface area contributed by atoms with E-state index in [1.54, 1.807) is 12.4 Å². The molecule has 0 fully saturated rings. The van der Waals surface area contributed by atoms with E-state index in [4.69, 9.17) is 0 Å². The third-order valence-corrected chi connectivity index (χ3v) is 2.28. The van der Waals surface area contributed by atoms with Gasteiger partial charge in [0.1, 0.15) is 0 Å². The van der Waals surface area contributed by atoms with E-state index in [1.165, 1.54) is 7.11 Å². The van der Waals surface area contributed by atoms with Gasteiger partial charge >= 0.3 is 5.97 Å². The van der Waals surface area contributed by atoms with E-state index in [0.29, 0.717) is 6.54 Å². The summed E-state index contributed by atoms with van der Waals surface area (Å²) in [6.45, 7) is 4.08. The van der Waals surface area contributed by atoms with Crippen LogP contribution in [0, 0.1) is 0 Å². The van der Waals surface area contributed by atoms with Gasteiger partial charge in [-0.2, -0.15) is 0 Å². The Morgan fingerprint density at radius 1 is 1.44 bits per heavy atom. The van der Waals surface area contributed by atoms with Crippen LogP contribution in [0.15, 0.2) is 24.5 Å². The van der Waals surface area contributed by atoms with Crippen molar-refractivity contribution in [3.05, 3.63) is 30.1 Å². The van der Waals surface area contributed by atoms with Gasteiger partial charge in [0.2, 0.25) is 0 Å². The third kappa shape index (κ3) is 4.40. The normalized spacial score (nSPS) is 10.4. The van der Waals surface area contributed by atoms with Gasteiger partial charge in [-0.3, -0.25) is 14.7 Å². The molecule has 0 aliphatic carbocycles. The molecule has 1 rings (SSSR count). The van der Waals surface area contributed by atoms with Crippen LogP contribution in [-0.2, 0) is 16.1 Å². The maximum absolute atomic E-state index is 11.2. The van der Waals surface area contributed by atoms with Gasteiger partial charge in [0.05, 0.1) is 13.7 Å². The Labute approximate surface area is 96.2 Å². The molecule has 0 aliphatic heterocycles. The fourth-order valence-electron chi connectivity index (χ4n) is 1.52. The third-order valence-electron chi connectivity index (χ3n) is 2.28. The fourth-order valence-corrected chi connectivity index (χ4v) is 1.52. The molecule has 0 saturated heterocycles. The van der Waals surface area contributed by atoms with Gasteiger partial charge in [-0.05, 0) is 30.7 Å². The van der Waals surface area contributed by atoms with Gasteiger partial charge < -0.3 is 4.74 Å². The van der Waals surface area contributed by atoms with E-state index in [-0.39, 0.29) is 5.97 Å². The van der Waals surface area contributed by atoms with E-state index < -0.39 is 0 Å². The number of carbonyl (C=O) groups is 1. The van der Waals surface area contributed by atoms with Crippen molar-refractivity contribution in [3.63, 3.8) is 0 Å². The van der Waals surface area contributed by atoms with Crippen molar-refractivity contribution < 1.29 is 9.53 Å². The summed E-state index contributed by atoms with van der Waals surface area (Å²) in [4.78, 5) is 17.2. The van der Waals surface area contributed by atoms with Crippen LogP contribution in [0.1, 0.15) is 18.9 Å². The highest BCUT2D eigenvalue weighted by molar-refractivity contribution is 5.71. The SMILES string of the molecule is CCCN(CC(=O)OC)Cc1ccncc1. The largest absolute Gasteiger partial charge is 0.468 e. The topological polar surface area (TPSA) is 42.4 Å². The highest BCUT2D eigenvalue weighted by Crippen LogP contribution is 2.04. The summed E-state index contributed by atoms with van der Waals surface area (Å²) >= 11 is 0. The number of carbonyl (C=O) groups excluding carboxylic acids is 1. The van der Waals surface area contributed by atoms with Gasteiger partial charge in [-0.15, -0.1) is 0 Å². The standard InChI is InChI=1S/C12H18N2O2/c1-3-8-14(10-12(15)16-2)9-11-4-6-13-7-5-11/h4-7H,3,8-10H2,1-2H3. The zero-order chi connectivity index (χ0) is 11.8. The molecule has 0 saturated carbocycles. The molecule has 0 spiro atoms. The quantitative estimate of drug-likeness (QED) is 0.683. The highest BCUT2D eigenvalue weighted by Gasteiger charge is 2.10. The van der Waals surface area contributed by atoms with Gasteiger partial charge in [-0.25, -0.2) is 0 Å². The number of esters is 1. The smallest absolute Gasteiger partial charge is 0.319 e. The van der Waals surface area contributed by atoms with Crippen molar-refractivity contribution in [3.8, 4) is 0 Å². The Balaban J connectivity index is 2.54. The molecule has 0 amide bonds. The van der Waals surface area contributed by atoms with Crippen LogP contribution in [0.5, 0.6) is 0 Å². The minimum absolute atomic E-state index is 0.192. The van der Waals surface area contributed by atoms with Crippen LogP contribution in [0.3, 0.4) is 0 Å². The van der Waals surface area contributed by atoms with E-state index in [9.17, 15) is 4.79 Å². The van der Waals surface area contributed by atoms with E-state index in [1.807, 2.05) is 12.1 Å². The lowest BCUT2D eigenvalue weighted by Gasteiger charge is -2.20. The molecule has 4 heteroatoms. The second-order valence-electron chi connectivity index (χ2n) is 3.64. The summed E-state index contributed by atoms with van der Waals surface area (Å²) in [6.07, 6.45) is 4.54. The molecule has 0 unspecified atom stereocenters. The Kier molecular flexibility index (Phi) is 5.50. The van der Waals surface area contributed by atoms with Crippen LogP contribution in [-0.4, -0.2) is 36.1 Å². The van der Waals surface area contributed by atoms with Gasteiger partial charge in [-0.1, -0.05) is 6.92 Å². The number of pyridine rings is 1. The lowest BCUT2D eigenvalue weighted by atomic mass is 10.2. The van der Waals surface area contributed by atoms with Crippen LogP contribution >= 0.6 is 0 Å². The first kappa shape index (κ1) is 12.6. The summed E-state index contributed by atoms with van der Waals surface area (Å²) < 4.78 is 4.67. The zero-order valence-electron chi connectivity index (χ0n) is 9.85. The van der Waals surface area contributed by atoms with E-state index in [2.05, 4.69) is 21.5 Å². The Morgan fingerprint density at radius 2 is 2.12 bits per heavy atom. The number of methoxy groups -OCH3 is 1. The summed E-state index contributed by atoms with van der Waals surface area (Å²) in [5.41, 5.74) is 1.16. The Bertz CT molecular complexity index is 314. The first-order valence-corrected chi connectivity index (χ1v) is 5.44. The molecule has 1 heterocycles. The summed E-state index contributed by atoms with van der Waals surface area (Å²) in [5, 5.41) is 0. The summed E-state index contributed by atoms with van der Waals surface area (Å²) in [5.74, 6) is -0.192. The number of rotatable bonds is 6. The number of aromatic nitrogens is 1. The lowest BCUT2D eigenvalue weighted by Crippen LogP contribution is -2.30. The van der Waals surface area contributed by atoms with Crippen LogP contribution in [0.25, 0.3) is 0 Å². The van der Waals surface area contributed by atoms with Crippen LogP contribution in [0.4, 0.5) is 0 Å². The van der Waals surface area contributed by atoms with Crippen molar-refractivity contribution in [2.24, 2.45) is 0 Å². The van der Waals surface area contributed by atoms with Gasteiger partial charge in [0.25, 0.3) is 0 Å². The second-order valence-corrected chi connectivity index (χ2v) is 3.64. The molecule has 1 aromatic rings. The number of nitrogens with zero attached hydrogens (tertiary/aromatic N) is 2. The molecule has 1 aromatic heterocycles. The second kappa shape index (κ2) is 6.95. The van der Waals surface area contributed by atoms with Crippen molar-refractivity contribution in [2.45, 2.75) is 19.9 Å². The molecular weight excluding hydrogens is 204 g/mol. The summed E-state index contributed by atoms with van der Waals surface area (Å²) in [7, 11) is 1.42. The monoisotopic (exact) mass is 222 g/mol. The summed E-state index contributed by atoms with van der Waals surface area (Å²) in [6, 6.07) is 3.92. The van der Waals surface area contributed by atoms with Gasteiger partial charge in [0.15, 0.2) is 0 Å². The first-order chi connectivity index (χ1) is 7.76. The molecule has 16 heavy (non-hydrogen) atoms. The number of ether oxygens (including phenoxy) is 1. The number of hydrogen-bond donors (Lipinski definition) is 0. The molecule has 0 atom stereocenters. The molecule has 0 radical (unpaired) electrons. The maximum Gasteiger partial charge on any atom is 0.319 e. The Hall–Kier alpha value is -1.42. The van der Waals surface area contributed by atoms with E-state index in [0.717, 1.165) is 25.1 Å². The van der Waals surface area contributed by atoms with Crippen LogP contribution < -0.4 is 0 Å². The number of hydrogen-bond acceptors (Lipinski definition) is 4. The molecule has 0 aliphatic rings. The first-order valence-electron chi connectivity index (χ1n) is 5.44. The highest BCUT2D eigenvalue weighted by atomic mass is 16.5. The fraction of sp³-hybridized carbons (Fsp3) is 0.500. The molecular formula is C12H18N2O2. The molecule has 88 valence electrons. The van der Waals surface area contributed by atoms with Crippen LogP contribution in [0.2, 0.25) is 0 Å². The molecule has 0 bridgehead atoms. The maximum atomic E-state index is 11.2. The molecule has 0 aromatic carbocycles. The Morgan fingerprint density at radius 3 is 2.69 bits per heavy atom. The molecule has 4 nitrogen and oxygen atoms in total. The van der Waals surface area contributed by atoms with E-state index >= 15 is 0 Å². The molecule has 0 N–H and O–H groups in total. The van der Waals surface area contributed by atoms with Crippen molar-refractivity contribution in [1.82, 2.24) is 9.88 Å². The lowest BCUT2D eigenvalue weighted by molar-refractivity contribution is -0.142. The van der Waals surface area contributed by atoms with Crippen molar-refractivity contribution >= 4 is 5.97 Å². The van der Waals surface area contributed by atoms with Crippen molar-refractivity contribution in [2.75, 3.05) is 20.2 Å². The van der Waals surface area contributed by atoms with Crippen molar-refractivity contribution in [1.29, 1.82) is 0 Å². The predicted molar refractivity (Wildman–Crippen MR) is 61.8 cm³/mol.